The Hall–Kier alpha value is -3.35. The van der Waals surface area contributed by atoms with Gasteiger partial charge in [-0.05, 0) is 62.6 Å². The first kappa shape index (κ1) is 20.5. The minimum atomic E-state index is -0.549. The van der Waals surface area contributed by atoms with Gasteiger partial charge >= 0.3 is 0 Å². The number of ether oxygens (including phenoxy) is 1. The highest BCUT2D eigenvalue weighted by molar-refractivity contribution is 5.83. The Bertz CT molecular complexity index is 1110. The average molecular weight is 435 g/mol. The molecule has 0 saturated carbocycles. The number of para-hydroxylation sites is 2. The summed E-state index contributed by atoms with van der Waals surface area (Å²) >= 11 is 0. The minimum Gasteiger partial charge on any atom is -0.477 e. The van der Waals surface area contributed by atoms with Gasteiger partial charge in [-0.3, -0.25) is 4.79 Å². The van der Waals surface area contributed by atoms with Gasteiger partial charge in [0, 0.05) is 24.2 Å². The standard InChI is InChI=1S/C25H26FN3O3/c1-17-20(27-32-24(17)18-9-11-19(26)12-10-18)15-29-16-23(25(30)28-13-5-2-6-14-28)31-22-8-4-3-7-21(22)29/h3-4,7-12,23H,2,5-6,13-16H2,1H3/t23-/m1/s1. The first-order chi connectivity index (χ1) is 15.6. The Labute approximate surface area is 186 Å². The summed E-state index contributed by atoms with van der Waals surface area (Å²) in [5.41, 5.74) is 3.40. The Morgan fingerprint density at radius 1 is 1.09 bits per heavy atom. The van der Waals surface area contributed by atoms with Crippen molar-refractivity contribution >= 4 is 11.6 Å². The summed E-state index contributed by atoms with van der Waals surface area (Å²) in [5, 5.41) is 4.29. The zero-order chi connectivity index (χ0) is 22.1. The Morgan fingerprint density at radius 2 is 1.84 bits per heavy atom. The molecule has 1 aromatic heterocycles. The van der Waals surface area contributed by atoms with Gasteiger partial charge in [-0.15, -0.1) is 0 Å². The zero-order valence-corrected chi connectivity index (χ0v) is 18.1. The molecule has 1 amide bonds. The molecule has 32 heavy (non-hydrogen) atoms. The lowest BCUT2D eigenvalue weighted by Gasteiger charge is -2.38. The molecule has 0 unspecified atom stereocenters. The number of hydrogen-bond acceptors (Lipinski definition) is 5. The highest BCUT2D eigenvalue weighted by atomic mass is 19.1. The number of aromatic nitrogens is 1. The highest BCUT2D eigenvalue weighted by Gasteiger charge is 2.34. The van der Waals surface area contributed by atoms with Crippen LogP contribution in [-0.4, -0.2) is 41.7 Å². The number of halogens is 1. The first-order valence-electron chi connectivity index (χ1n) is 11.1. The topological polar surface area (TPSA) is 58.8 Å². The van der Waals surface area contributed by atoms with Crippen molar-refractivity contribution in [2.45, 2.75) is 38.8 Å². The van der Waals surface area contributed by atoms with Gasteiger partial charge in [0.05, 0.1) is 18.8 Å². The average Bonchev–Trinajstić information content (AvgIpc) is 3.19. The van der Waals surface area contributed by atoms with Crippen LogP contribution in [-0.2, 0) is 11.3 Å². The van der Waals surface area contributed by atoms with Crippen molar-refractivity contribution in [3.63, 3.8) is 0 Å². The summed E-state index contributed by atoms with van der Waals surface area (Å²) in [5.74, 6) is 1.09. The van der Waals surface area contributed by atoms with Crippen LogP contribution in [0.5, 0.6) is 5.75 Å². The minimum absolute atomic E-state index is 0.0491. The third-order valence-corrected chi connectivity index (χ3v) is 6.27. The van der Waals surface area contributed by atoms with Gasteiger partial charge < -0.3 is 19.1 Å². The van der Waals surface area contributed by atoms with E-state index in [-0.39, 0.29) is 11.7 Å². The van der Waals surface area contributed by atoms with Gasteiger partial charge in [0.25, 0.3) is 5.91 Å². The van der Waals surface area contributed by atoms with Crippen LogP contribution in [0.4, 0.5) is 10.1 Å². The number of piperidine rings is 1. The maximum absolute atomic E-state index is 13.3. The van der Waals surface area contributed by atoms with Crippen molar-refractivity contribution in [1.29, 1.82) is 0 Å². The third-order valence-electron chi connectivity index (χ3n) is 6.27. The molecule has 3 heterocycles. The summed E-state index contributed by atoms with van der Waals surface area (Å²) in [6, 6.07) is 14.0. The van der Waals surface area contributed by atoms with Crippen LogP contribution in [0.25, 0.3) is 11.3 Å². The predicted octanol–water partition coefficient (Wildman–Crippen LogP) is 4.57. The van der Waals surface area contributed by atoms with E-state index in [9.17, 15) is 9.18 Å². The molecule has 166 valence electrons. The number of anilines is 1. The fraction of sp³-hybridized carbons (Fsp3) is 0.360. The molecule has 1 saturated heterocycles. The molecule has 5 rings (SSSR count). The van der Waals surface area contributed by atoms with E-state index in [4.69, 9.17) is 9.26 Å². The van der Waals surface area contributed by atoms with E-state index < -0.39 is 6.10 Å². The Balaban J connectivity index is 1.40. The molecule has 1 fully saturated rings. The van der Waals surface area contributed by atoms with E-state index in [0.29, 0.717) is 24.6 Å². The molecule has 1 atom stereocenters. The smallest absolute Gasteiger partial charge is 0.265 e. The van der Waals surface area contributed by atoms with E-state index in [1.54, 1.807) is 12.1 Å². The summed E-state index contributed by atoms with van der Waals surface area (Å²) in [6.45, 7) is 4.48. The van der Waals surface area contributed by atoms with E-state index in [2.05, 4.69) is 10.1 Å². The molecule has 2 aliphatic heterocycles. The van der Waals surface area contributed by atoms with E-state index in [0.717, 1.165) is 48.4 Å². The second kappa shape index (κ2) is 8.65. The number of carbonyl (C=O) groups is 1. The van der Waals surface area contributed by atoms with Crippen molar-refractivity contribution in [2.75, 3.05) is 24.5 Å². The van der Waals surface area contributed by atoms with Gasteiger partial charge in [-0.1, -0.05) is 17.3 Å². The van der Waals surface area contributed by atoms with Crippen LogP contribution in [0.2, 0.25) is 0 Å². The largest absolute Gasteiger partial charge is 0.477 e. The van der Waals surface area contributed by atoms with Crippen molar-refractivity contribution < 1.29 is 18.4 Å². The lowest BCUT2D eigenvalue weighted by molar-refractivity contribution is -0.139. The van der Waals surface area contributed by atoms with Crippen molar-refractivity contribution in [3.8, 4) is 17.1 Å². The molecule has 0 N–H and O–H groups in total. The summed E-state index contributed by atoms with van der Waals surface area (Å²) < 4.78 is 25.0. The number of fused-ring (bicyclic) bond motifs is 1. The van der Waals surface area contributed by atoms with Crippen molar-refractivity contribution in [1.82, 2.24) is 10.1 Å². The quantitative estimate of drug-likeness (QED) is 0.601. The van der Waals surface area contributed by atoms with Crippen LogP contribution in [0.1, 0.15) is 30.5 Å². The molecule has 3 aromatic rings. The molecule has 0 aliphatic carbocycles. The number of rotatable bonds is 4. The summed E-state index contributed by atoms with van der Waals surface area (Å²) in [6.07, 6.45) is 2.71. The molecule has 7 heteroatoms. The first-order valence-corrected chi connectivity index (χ1v) is 11.1. The van der Waals surface area contributed by atoms with Crippen LogP contribution in [0.15, 0.2) is 53.1 Å². The second-order valence-electron chi connectivity index (χ2n) is 8.43. The Morgan fingerprint density at radius 3 is 2.62 bits per heavy atom. The number of amides is 1. The van der Waals surface area contributed by atoms with Crippen LogP contribution in [0.3, 0.4) is 0 Å². The number of carbonyl (C=O) groups excluding carboxylic acids is 1. The molecule has 2 aliphatic rings. The third kappa shape index (κ3) is 3.95. The maximum Gasteiger partial charge on any atom is 0.265 e. The maximum atomic E-state index is 13.3. The molecule has 0 radical (unpaired) electrons. The summed E-state index contributed by atoms with van der Waals surface area (Å²) in [7, 11) is 0. The van der Waals surface area contributed by atoms with Crippen LogP contribution >= 0.6 is 0 Å². The van der Waals surface area contributed by atoms with Crippen LogP contribution in [0, 0.1) is 12.7 Å². The van der Waals surface area contributed by atoms with Crippen molar-refractivity contribution in [3.05, 3.63) is 65.6 Å². The van der Waals surface area contributed by atoms with Crippen molar-refractivity contribution in [2.24, 2.45) is 0 Å². The van der Waals surface area contributed by atoms with E-state index in [1.165, 1.54) is 18.6 Å². The summed E-state index contributed by atoms with van der Waals surface area (Å²) in [4.78, 5) is 17.2. The van der Waals surface area contributed by atoms with Gasteiger partial charge in [0.15, 0.2) is 11.9 Å². The van der Waals surface area contributed by atoms with Gasteiger partial charge in [-0.25, -0.2) is 4.39 Å². The number of hydrogen-bond donors (Lipinski definition) is 0. The molecule has 2 aromatic carbocycles. The normalized spacial score (nSPS) is 18.2. The zero-order valence-electron chi connectivity index (χ0n) is 18.1. The van der Waals surface area contributed by atoms with E-state index in [1.807, 2.05) is 36.1 Å². The molecule has 0 spiro atoms. The molecular formula is C25H26FN3O3. The molecule has 6 nitrogen and oxygen atoms in total. The SMILES string of the molecule is Cc1c(CN2C[C@H](C(=O)N3CCCCC3)Oc3ccccc32)noc1-c1ccc(F)cc1. The predicted molar refractivity (Wildman–Crippen MR) is 119 cm³/mol. The molecule has 0 bridgehead atoms. The lowest BCUT2D eigenvalue weighted by Crippen LogP contribution is -2.51. The van der Waals surface area contributed by atoms with E-state index >= 15 is 0 Å². The fourth-order valence-corrected chi connectivity index (χ4v) is 4.47. The fourth-order valence-electron chi connectivity index (χ4n) is 4.47. The number of likely N-dealkylation sites (tertiary alicyclic amines) is 1. The monoisotopic (exact) mass is 435 g/mol. The highest BCUT2D eigenvalue weighted by Crippen LogP contribution is 2.36. The van der Waals surface area contributed by atoms with Crippen LogP contribution < -0.4 is 9.64 Å². The second-order valence-corrected chi connectivity index (χ2v) is 8.43. The van der Waals surface area contributed by atoms with Gasteiger partial charge in [0.1, 0.15) is 17.3 Å². The Kier molecular flexibility index (Phi) is 5.55. The molecular weight excluding hydrogens is 409 g/mol. The van der Waals surface area contributed by atoms with Gasteiger partial charge in [-0.2, -0.15) is 0 Å². The lowest BCUT2D eigenvalue weighted by atomic mass is 10.1. The number of nitrogens with zero attached hydrogens (tertiary/aromatic N) is 3. The number of benzene rings is 2. The van der Waals surface area contributed by atoms with Gasteiger partial charge in [0.2, 0.25) is 0 Å².